The van der Waals surface area contributed by atoms with E-state index in [1.807, 2.05) is 4.90 Å². The van der Waals surface area contributed by atoms with Gasteiger partial charge < -0.3 is 9.32 Å². The third-order valence-corrected chi connectivity index (χ3v) is 3.61. The highest BCUT2D eigenvalue weighted by atomic mass is 16.4. The second kappa shape index (κ2) is 4.57. The van der Waals surface area contributed by atoms with Gasteiger partial charge >= 0.3 is 5.76 Å². The molecule has 1 atom stereocenters. The number of aromatic nitrogens is 1. The molecule has 0 radical (unpaired) electrons. The molecule has 5 nitrogen and oxygen atoms in total. The molecule has 1 saturated heterocycles. The average Bonchev–Trinajstić information content (AvgIpc) is 2.76. The van der Waals surface area contributed by atoms with Crippen LogP contribution in [0.2, 0.25) is 0 Å². The Balaban J connectivity index is 1.90. The van der Waals surface area contributed by atoms with Crippen molar-refractivity contribution in [1.82, 2.24) is 9.88 Å². The first kappa shape index (κ1) is 12.0. The van der Waals surface area contributed by atoms with E-state index in [1.165, 1.54) is 6.42 Å². The van der Waals surface area contributed by atoms with Gasteiger partial charge in [-0.25, -0.2) is 4.79 Å². The lowest BCUT2D eigenvalue weighted by Crippen LogP contribution is -2.39. The number of aromatic amines is 1. The molecule has 0 saturated carbocycles. The summed E-state index contributed by atoms with van der Waals surface area (Å²) in [5.74, 6) is 0.0649. The molecule has 1 aliphatic rings. The molecule has 0 aliphatic carbocycles. The number of benzene rings is 1. The molecule has 100 valence electrons. The molecule has 1 amide bonds. The van der Waals surface area contributed by atoms with E-state index in [-0.39, 0.29) is 5.91 Å². The van der Waals surface area contributed by atoms with Gasteiger partial charge in [-0.1, -0.05) is 6.92 Å². The van der Waals surface area contributed by atoms with Crippen LogP contribution in [-0.4, -0.2) is 28.9 Å². The zero-order valence-corrected chi connectivity index (χ0v) is 10.8. The molecule has 2 aromatic rings. The molecular weight excluding hydrogens is 244 g/mol. The molecule has 19 heavy (non-hydrogen) atoms. The molecule has 1 aromatic heterocycles. The van der Waals surface area contributed by atoms with Crippen LogP contribution in [0.4, 0.5) is 0 Å². The van der Waals surface area contributed by atoms with Crippen LogP contribution in [0.15, 0.2) is 27.4 Å². The van der Waals surface area contributed by atoms with Gasteiger partial charge in [-0.2, -0.15) is 0 Å². The van der Waals surface area contributed by atoms with Crippen molar-refractivity contribution >= 4 is 17.0 Å². The van der Waals surface area contributed by atoms with Crippen molar-refractivity contribution in [2.45, 2.75) is 19.8 Å². The topological polar surface area (TPSA) is 66.3 Å². The monoisotopic (exact) mass is 260 g/mol. The van der Waals surface area contributed by atoms with E-state index in [2.05, 4.69) is 11.9 Å². The minimum absolute atomic E-state index is 0.0114. The third-order valence-electron chi connectivity index (χ3n) is 3.61. The molecule has 1 aliphatic heterocycles. The second-order valence-electron chi connectivity index (χ2n) is 5.22. The van der Waals surface area contributed by atoms with Crippen molar-refractivity contribution in [3.8, 4) is 0 Å². The minimum Gasteiger partial charge on any atom is -0.408 e. The molecule has 3 rings (SSSR count). The highest BCUT2D eigenvalue weighted by Crippen LogP contribution is 2.19. The number of piperidine rings is 1. The van der Waals surface area contributed by atoms with Crippen molar-refractivity contribution in [2.24, 2.45) is 5.92 Å². The Morgan fingerprint density at radius 2 is 2.32 bits per heavy atom. The summed E-state index contributed by atoms with van der Waals surface area (Å²) in [4.78, 5) is 27.9. The van der Waals surface area contributed by atoms with E-state index < -0.39 is 5.76 Å². The number of hydrogen-bond acceptors (Lipinski definition) is 3. The normalized spacial score (nSPS) is 19.8. The molecule has 1 N–H and O–H groups in total. The summed E-state index contributed by atoms with van der Waals surface area (Å²) in [5.41, 5.74) is 1.62. The van der Waals surface area contributed by atoms with Crippen LogP contribution in [0.25, 0.3) is 11.1 Å². The maximum atomic E-state index is 12.4. The van der Waals surface area contributed by atoms with Crippen LogP contribution in [0.1, 0.15) is 30.1 Å². The summed E-state index contributed by atoms with van der Waals surface area (Å²) >= 11 is 0. The van der Waals surface area contributed by atoms with Gasteiger partial charge in [0.2, 0.25) is 0 Å². The Morgan fingerprint density at radius 3 is 3.11 bits per heavy atom. The van der Waals surface area contributed by atoms with Crippen LogP contribution in [0, 0.1) is 5.92 Å². The molecule has 0 spiro atoms. The number of rotatable bonds is 1. The zero-order chi connectivity index (χ0) is 13.4. The summed E-state index contributed by atoms with van der Waals surface area (Å²) in [6.07, 6.45) is 2.23. The van der Waals surface area contributed by atoms with Gasteiger partial charge in [0.05, 0.1) is 5.52 Å². The van der Waals surface area contributed by atoms with E-state index in [9.17, 15) is 9.59 Å². The molecule has 1 aromatic carbocycles. The largest absolute Gasteiger partial charge is 0.417 e. The molecule has 1 unspecified atom stereocenters. The van der Waals surface area contributed by atoms with Crippen LogP contribution in [0.5, 0.6) is 0 Å². The van der Waals surface area contributed by atoms with Gasteiger partial charge in [-0.3, -0.25) is 9.78 Å². The van der Waals surface area contributed by atoms with Gasteiger partial charge in [-0.15, -0.1) is 0 Å². The van der Waals surface area contributed by atoms with Gasteiger partial charge in [0.1, 0.15) is 0 Å². The standard InChI is InChI=1S/C14H16N2O3/c1-9-3-2-6-16(8-9)13(17)10-4-5-11-12(7-10)19-14(18)15-11/h4-5,7,9H,2-3,6,8H2,1H3,(H,15,18). The van der Waals surface area contributed by atoms with Crippen LogP contribution >= 0.6 is 0 Å². The van der Waals surface area contributed by atoms with Crippen molar-refractivity contribution in [2.75, 3.05) is 13.1 Å². The van der Waals surface area contributed by atoms with Crippen LogP contribution in [0.3, 0.4) is 0 Å². The summed E-state index contributed by atoms with van der Waals surface area (Å²) < 4.78 is 4.99. The van der Waals surface area contributed by atoms with E-state index in [0.717, 1.165) is 19.5 Å². The van der Waals surface area contributed by atoms with Gasteiger partial charge in [0.25, 0.3) is 5.91 Å². The fourth-order valence-corrected chi connectivity index (χ4v) is 2.63. The number of oxazole rings is 1. The Labute approximate surface area is 110 Å². The summed E-state index contributed by atoms with van der Waals surface area (Å²) in [6.45, 7) is 3.76. The fourth-order valence-electron chi connectivity index (χ4n) is 2.63. The predicted octanol–water partition coefficient (Wildman–Crippen LogP) is 1.99. The molecule has 1 fully saturated rings. The van der Waals surface area contributed by atoms with Gasteiger partial charge in [0.15, 0.2) is 5.58 Å². The number of amides is 1. The third kappa shape index (κ3) is 2.28. The Morgan fingerprint density at radius 1 is 1.47 bits per heavy atom. The number of carbonyl (C=O) groups excluding carboxylic acids is 1. The maximum absolute atomic E-state index is 12.4. The first-order valence-corrected chi connectivity index (χ1v) is 6.55. The number of hydrogen-bond donors (Lipinski definition) is 1. The molecule has 2 heterocycles. The van der Waals surface area contributed by atoms with Crippen molar-refractivity contribution in [3.63, 3.8) is 0 Å². The first-order chi connectivity index (χ1) is 9.13. The SMILES string of the molecule is CC1CCCN(C(=O)c2ccc3[nH]c(=O)oc3c2)C1. The lowest BCUT2D eigenvalue weighted by molar-refractivity contribution is 0.0683. The number of carbonyl (C=O) groups is 1. The second-order valence-corrected chi connectivity index (χ2v) is 5.22. The van der Waals surface area contributed by atoms with E-state index in [4.69, 9.17) is 4.42 Å². The van der Waals surface area contributed by atoms with E-state index in [0.29, 0.717) is 22.6 Å². The number of nitrogens with one attached hydrogen (secondary N) is 1. The number of fused-ring (bicyclic) bond motifs is 1. The highest BCUT2D eigenvalue weighted by molar-refractivity contribution is 5.97. The summed E-state index contributed by atoms with van der Waals surface area (Å²) in [7, 11) is 0. The smallest absolute Gasteiger partial charge is 0.408 e. The predicted molar refractivity (Wildman–Crippen MR) is 71.1 cm³/mol. The van der Waals surface area contributed by atoms with Crippen LogP contribution < -0.4 is 5.76 Å². The lowest BCUT2D eigenvalue weighted by atomic mass is 9.99. The zero-order valence-electron chi connectivity index (χ0n) is 10.8. The molecule has 5 heteroatoms. The van der Waals surface area contributed by atoms with Crippen molar-refractivity contribution < 1.29 is 9.21 Å². The first-order valence-electron chi connectivity index (χ1n) is 6.55. The lowest BCUT2D eigenvalue weighted by Gasteiger charge is -2.30. The Kier molecular flexibility index (Phi) is 2.89. The summed E-state index contributed by atoms with van der Waals surface area (Å²) in [5, 5.41) is 0. The van der Waals surface area contributed by atoms with Gasteiger partial charge in [0, 0.05) is 18.7 Å². The van der Waals surface area contributed by atoms with E-state index in [1.54, 1.807) is 18.2 Å². The van der Waals surface area contributed by atoms with E-state index >= 15 is 0 Å². The van der Waals surface area contributed by atoms with Gasteiger partial charge in [-0.05, 0) is 37.0 Å². The number of likely N-dealkylation sites (tertiary alicyclic amines) is 1. The Hall–Kier alpha value is -2.04. The molecular formula is C14H16N2O3. The van der Waals surface area contributed by atoms with Crippen molar-refractivity contribution in [1.29, 1.82) is 0 Å². The quantitative estimate of drug-likeness (QED) is 0.852. The average molecular weight is 260 g/mol. The summed E-state index contributed by atoms with van der Waals surface area (Å²) in [6, 6.07) is 5.07. The highest BCUT2D eigenvalue weighted by Gasteiger charge is 2.22. The fraction of sp³-hybridized carbons (Fsp3) is 0.429. The number of nitrogens with zero attached hydrogens (tertiary/aromatic N) is 1. The van der Waals surface area contributed by atoms with Crippen LogP contribution in [-0.2, 0) is 0 Å². The molecule has 0 bridgehead atoms. The minimum atomic E-state index is -0.494. The number of H-pyrrole nitrogens is 1. The van der Waals surface area contributed by atoms with Crippen molar-refractivity contribution in [3.05, 3.63) is 34.3 Å². The Bertz CT molecular complexity index is 671. The maximum Gasteiger partial charge on any atom is 0.417 e.